The molecule has 2 aromatic rings. The first-order chi connectivity index (χ1) is 11.3. The van der Waals surface area contributed by atoms with Crippen molar-refractivity contribution in [2.24, 2.45) is 5.73 Å². The van der Waals surface area contributed by atoms with Gasteiger partial charge >= 0.3 is 5.97 Å². The van der Waals surface area contributed by atoms with Crippen LogP contribution < -0.4 is 5.73 Å². The highest BCUT2D eigenvalue weighted by atomic mass is 16.4. The molecule has 7 heteroatoms. The van der Waals surface area contributed by atoms with E-state index in [0.717, 1.165) is 11.6 Å². The zero-order valence-corrected chi connectivity index (χ0v) is 12.8. The Morgan fingerprint density at radius 1 is 0.917 bits per heavy atom. The number of benzene rings is 2. The Kier molecular flexibility index (Phi) is 7.12. The average Bonchev–Trinajstić information content (AvgIpc) is 2.53. The molecule has 24 heavy (non-hydrogen) atoms. The van der Waals surface area contributed by atoms with Gasteiger partial charge in [-0.05, 0) is 54.4 Å². The summed E-state index contributed by atoms with van der Waals surface area (Å²) in [6.45, 7) is 0.546. The molecule has 2 aromatic carbocycles. The zero-order valence-electron chi connectivity index (χ0n) is 12.8. The van der Waals surface area contributed by atoms with E-state index in [1.807, 2.05) is 0 Å². The molecule has 2 rings (SSSR count). The van der Waals surface area contributed by atoms with Crippen LogP contribution >= 0.6 is 0 Å². The van der Waals surface area contributed by atoms with Gasteiger partial charge in [-0.25, -0.2) is 4.79 Å². The van der Waals surface area contributed by atoms with Gasteiger partial charge in [0.1, 0.15) is 0 Å². The van der Waals surface area contributed by atoms with E-state index in [9.17, 15) is 4.79 Å². The Bertz CT molecular complexity index is 727. The molecule has 0 atom stereocenters. The summed E-state index contributed by atoms with van der Waals surface area (Å²) in [5.41, 5.74) is 6.75. The minimum absolute atomic E-state index is 0.0871. The van der Waals surface area contributed by atoms with Crippen LogP contribution in [0.15, 0.2) is 42.5 Å². The molecule has 7 N–H and O–H groups in total. The summed E-state index contributed by atoms with van der Waals surface area (Å²) in [5.74, 6) is -1.74. The summed E-state index contributed by atoms with van der Waals surface area (Å²) in [6, 6.07) is 8.77. The first kappa shape index (κ1) is 18.9. The molecule has 0 saturated carbocycles. The van der Waals surface area contributed by atoms with Gasteiger partial charge in [-0.3, -0.25) is 0 Å². The Morgan fingerprint density at radius 2 is 1.50 bits per heavy atom. The van der Waals surface area contributed by atoms with Crippen LogP contribution in [0, 0.1) is 0 Å². The molecule has 0 spiro atoms. The number of nitrogens with two attached hydrogens (primary N) is 1. The van der Waals surface area contributed by atoms with Crippen molar-refractivity contribution in [1.29, 1.82) is 0 Å². The Balaban J connectivity index is 0.000000243. The minimum Gasteiger partial charge on any atom is -0.504 e. The summed E-state index contributed by atoms with van der Waals surface area (Å²) >= 11 is 0. The van der Waals surface area contributed by atoms with Gasteiger partial charge in [0.15, 0.2) is 23.0 Å². The second-order valence-electron chi connectivity index (χ2n) is 4.78. The highest BCUT2D eigenvalue weighted by Gasteiger charge is 1.99. The summed E-state index contributed by atoms with van der Waals surface area (Å²) < 4.78 is 0. The Hall–Kier alpha value is -3.19. The average molecular weight is 333 g/mol. The largest absolute Gasteiger partial charge is 0.504 e. The Labute approximate surface area is 138 Å². The topological polar surface area (TPSA) is 144 Å². The lowest BCUT2D eigenvalue weighted by Crippen LogP contribution is -2.02. The summed E-state index contributed by atoms with van der Waals surface area (Å²) in [6.07, 6.45) is 2.99. The molecular weight excluding hydrogens is 314 g/mol. The van der Waals surface area contributed by atoms with E-state index in [1.165, 1.54) is 36.4 Å². The molecule has 128 valence electrons. The molecule has 0 bridgehead atoms. The fourth-order valence-corrected chi connectivity index (χ4v) is 1.70. The maximum Gasteiger partial charge on any atom is 0.328 e. The second kappa shape index (κ2) is 9.06. The number of aliphatic carboxylic acids is 1. The van der Waals surface area contributed by atoms with Gasteiger partial charge in [-0.2, -0.15) is 0 Å². The third kappa shape index (κ3) is 6.29. The van der Waals surface area contributed by atoms with Crippen molar-refractivity contribution in [3.63, 3.8) is 0 Å². The van der Waals surface area contributed by atoms with Gasteiger partial charge < -0.3 is 31.3 Å². The van der Waals surface area contributed by atoms with Gasteiger partial charge in [-0.15, -0.1) is 0 Å². The number of hydrogen-bond donors (Lipinski definition) is 6. The lowest BCUT2D eigenvalue weighted by molar-refractivity contribution is -0.131. The van der Waals surface area contributed by atoms with Gasteiger partial charge in [0.25, 0.3) is 0 Å². The van der Waals surface area contributed by atoms with E-state index in [4.69, 9.17) is 31.3 Å². The predicted molar refractivity (Wildman–Crippen MR) is 89.0 cm³/mol. The number of hydrogen-bond acceptors (Lipinski definition) is 6. The van der Waals surface area contributed by atoms with Gasteiger partial charge in [0.2, 0.25) is 0 Å². The van der Waals surface area contributed by atoms with E-state index in [-0.39, 0.29) is 23.0 Å². The number of rotatable bonds is 4. The maximum atomic E-state index is 10.1. The van der Waals surface area contributed by atoms with E-state index >= 15 is 0 Å². The monoisotopic (exact) mass is 333 g/mol. The molecular formula is C17H19NO6. The van der Waals surface area contributed by atoms with Crippen LogP contribution in [-0.2, 0) is 11.2 Å². The molecule has 0 fully saturated rings. The first-order valence-corrected chi connectivity index (χ1v) is 6.97. The smallest absolute Gasteiger partial charge is 0.328 e. The molecule has 0 aliphatic carbocycles. The van der Waals surface area contributed by atoms with Crippen LogP contribution in [0.5, 0.6) is 23.0 Å². The van der Waals surface area contributed by atoms with Crippen molar-refractivity contribution in [3.8, 4) is 23.0 Å². The molecule has 0 saturated heterocycles. The van der Waals surface area contributed by atoms with Crippen molar-refractivity contribution < 1.29 is 30.3 Å². The number of carboxylic acids is 1. The highest BCUT2D eigenvalue weighted by molar-refractivity contribution is 5.85. The van der Waals surface area contributed by atoms with Crippen LogP contribution in [0.3, 0.4) is 0 Å². The van der Waals surface area contributed by atoms with E-state index in [0.29, 0.717) is 18.5 Å². The zero-order chi connectivity index (χ0) is 18.1. The SMILES string of the molecule is NCCc1ccc(O)c(O)c1.O=C(O)C=Cc1ccc(O)c(O)c1. The Morgan fingerprint density at radius 3 is 2.00 bits per heavy atom. The number of carbonyl (C=O) groups is 1. The van der Waals surface area contributed by atoms with E-state index < -0.39 is 5.97 Å². The fraction of sp³-hybridized carbons (Fsp3) is 0.118. The van der Waals surface area contributed by atoms with Crippen molar-refractivity contribution in [1.82, 2.24) is 0 Å². The van der Waals surface area contributed by atoms with Gasteiger partial charge in [0, 0.05) is 6.08 Å². The third-order valence-corrected chi connectivity index (χ3v) is 2.89. The predicted octanol–water partition coefficient (Wildman–Crippen LogP) is 1.79. The highest BCUT2D eigenvalue weighted by Crippen LogP contribution is 2.25. The van der Waals surface area contributed by atoms with Crippen LogP contribution in [-0.4, -0.2) is 38.0 Å². The molecule has 0 unspecified atom stereocenters. The summed E-state index contributed by atoms with van der Waals surface area (Å²) in [7, 11) is 0. The summed E-state index contributed by atoms with van der Waals surface area (Å²) in [4.78, 5) is 10.1. The lowest BCUT2D eigenvalue weighted by Gasteiger charge is -2.00. The standard InChI is InChI=1S/C9H8O4.C8H11NO2/c10-7-3-1-6(5-8(7)11)2-4-9(12)13;9-4-3-6-1-2-7(10)8(11)5-6/h1-5,10-11H,(H,12,13);1-2,5,10-11H,3-4,9H2. The third-order valence-electron chi connectivity index (χ3n) is 2.89. The molecule has 7 nitrogen and oxygen atoms in total. The van der Waals surface area contributed by atoms with Gasteiger partial charge in [-0.1, -0.05) is 12.1 Å². The van der Waals surface area contributed by atoms with Crippen molar-refractivity contribution in [3.05, 3.63) is 53.6 Å². The normalized spacial score (nSPS) is 10.2. The molecule has 0 aliphatic rings. The van der Waals surface area contributed by atoms with E-state index in [1.54, 1.807) is 6.07 Å². The summed E-state index contributed by atoms with van der Waals surface area (Å²) in [5, 5.41) is 44.2. The van der Waals surface area contributed by atoms with Crippen molar-refractivity contribution >= 4 is 12.0 Å². The molecule has 0 amide bonds. The van der Waals surface area contributed by atoms with E-state index in [2.05, 4.69) is 0 Å². The second-order valence-corrected chi connectivity index (χ2v) is 4.78. The lowest BCUT2D eigenvalue weighted by atomic mass is 10.1. The van der Waals surface area contributed by atoms with Crippen molar-refractivity contribution in [2.75, 3.05) is 6.54 Å². The molecule has 0 radical (unpaired) electrons. The number of carboxylic acid groups (broad SMARTS) is 1. The van der Waals surface area contributed by atoms with Crippen molar-refractivity contribution in [2.45, 2.75) is 6.42 Å². The number of phenols is 4. The molecule has 0 aliphatic heterocycles. The number of aromatic hydroxyl groups is 4. The minimum atomic E-state index is -1.06. The maximum absolute atomic E-state index is 10.1. The van der Waals surface area contributed by atoms with Gasteiger partial charge in [0.05, 0.1) is 0 Å². The number of phenolic OH excluding ortho intramolecular Hbond substituents is 4. The molecule has 0 aromatic heterocycles. The quantitative estimate of drug-likeness (QED) is 0.369. The van der Waals surface area contributed by atoms with Crippen LogP contribution in [0.2, 0.25) is 0 Å². The first-order valence-electron chi connectivity index (χ1n) is 6.97. The van der Waals surface area contributed by atoms with Crippen LogP contribution in [0.25, 0.3) is 6.08 Å². The fourth-order valence-electron chi connectivity index (χ4n) is 1.70. The molecule has 0 heterocycles. The van der Waals surface area contributed by atoms with Crippen LogP contribution in [0.4, 0.5) is 0 Å². The van der Waals surface area contributed by atoms with Crippen LogP contribution in [0.1, 0.15) is 11.1 Å².